The molecule has 9 nitrogen and oxygen atoms in total. The van der Waals surface area contributed by atoms with E-state index in [2.05, 4.69) is 10.6 Å². The normalized spacial score (nSPS) is 14.2. The smallest absolute Gasteiger partial charge is 0.257 e. The summed E-state index contributed by atoms with van der Waals surface area (Å²) in [7, 11) is 0. The Morgan fingerprint density at radius 2 is 2.21 bits per heavy atom. The Morgan fingerprint density at radius 3 is 2.93 bits per heavy atom. The lowest BCUT2D eigenvalue weighted by Gasteiger charge is -2.07. The molecule has 4 N–H and O–H groups in total. The van der Waals surface area contributed by atoms with Crippen LogP contribution in [0, 0.1) is 12.3 Å². The highest BCUT2D eigenvalue weighted by atomic mass is 16.5. The van der Waals surface area contributed by atoms with Crippen LogP contribution in [0.25, 0.3) is 0 Å². The van der Waals surface area contributed by atoms with E-state index >= 15 is 0 Å². The number of carbonyl (C=O) groups is 2. The van der Waals surface area contributed by atoms with Crippen LogP contribution in [-0.4, -0.2) is 47.6 Å². The largest absolute Gasteiger partial charge is 0.391 e. The van der Waals surface area contributed by atoms with E-state index in [4.69, 9.17) is 10.1 Å². The molecule has 0 radical (unpaired) electrons. The number of pyridine rings is 1. The number of rotatable bonds is 11. The van der Waals surface area contributed by atoms with Crippen molar-refractivity contribution in [3.8, 4) is 0 Å². The maximum Gasteiger partial charge on any atom is 0.257 e. The van der Waals surface area contributed by atoms with E-state index in [0.717, 1.165) is 24.8 Å². The molecule has 0 unspecified atom stereocenters. The van der Waals surface area contributed by atoms with E-state index < -0.39 is 0 Å². The van der Waals surface area contributed by atoms with Crippen LogP contribution in [0.5, 0.6) is 0 Å². The molecule has 0 saturated carbocycles. The highest BCUT2D eigenvalue weighted by molar-refractivity contribution is 6.11. The van der Waals surface area contributed by atoms with E-state index in [9.17, 15) is 19.5 Å². The number of hydrogen-bond acceptors (Lipinski definition) is 6. The number of hydrogen-bond donors (Lipinski definition) is 4. The zero-order valence-corrected chi connectivity index (χ0v) is 15.9. The van der Waals surface area contributed by atoms with Gasteiger partial charge in [-0.25, -0.2) is 0 Å². The first-order valence-electron chi connectivity index (χ1n) is 9.13. The zero-order valence-electron chi connectivity index (χ0n) is 15.9. The van der Waals surface area contributed by atoms with E-state index in [-0.39, 0.29) is 31.4 Å². The van der Waals surface area contributed by atoms with Crippen LogP contribution < -0.4 is 16.2 Å². The minimum Gasteiger partial charge on any atom is -0.391 e. The summed E-state index contributed by atoms with van der Waals surface area (Å²) in [5.74, 6) is -0.242. The van der Waals surface area contributed by atoms with Gasteiger partial charge in [-0.05, 0) is 43.4 Å². The second-order valence-electron chi connectivity index (χ2n) is 6.51. The number of aliphatic hydroxyl groups excluding tert-OH is 1. The maximum absolute atomic E-state index is 12.4. The third-order valence-corrected chi connectivity index (χ3v) is 4.53. The highest BCUT2D eigenvalue weighted by Crippen LogP contribution is 2.21. The number of aryl methyl sites for hydroxylation is 1. The van der Waals surface area contributed by atoms with Gasteiger partial charge < -0.3 is 25.0 Å². The van der Waals surface area contributed by atoms with Crippen LogP contribution in [0.15, 0.2) is 22.5 Å². The SMILES string of the molecule is Cc1cc2n(c(=O)c1CO)C/C(=C\CCCCNC(=O)COCNC=O)C2=N. The van der Waals surface area contributed by atoms with Gasteiger partial charge in [0.2, 0.25) is 12.3 Å². The topological polar surface area (TPSA) is 134 Å². The molecule has 1 aromatic rings. The lowest BCUT2D eigenvalue weighted by molar-refractivity contribution is -0.126. The van der Waals surface area contributed by atoms with Gasteiger partial charge in [0, 0.05) is 12.1 Å². The Kier molecular flexibility index (Phi) is 8.09. The number of fused-ring (bicyclic) bond motifs is 1. The minimum absolute atomic E-state index is 0.00124. The van der Waals surface area contributed by atoms with Gasteiger partial charge in [0.1, 0.15) is 13.3 Å². The van der Waals surface area contributed by atoms with Crippen molar-refractivity contribution < 1.29 is 19.4 Å². The van der Waals surface area contributed by atoms with Gasteiger partial charge in [-0.3, -0.25) is 19.8 Å². The highest BCUT2D eigenvalue weighted by Gasteiger charge is 2.24. The summed E-state index contributed by atoms with van der Waals surface area (Å²) in [6, 6.07) is 1.78. The fourth-order valence-electron chi connectivity index (χ4n) is 3.01. The monoisotopic (exact) mass is 390 g/mol. The molecule has 1 aliphatic rings. The molecule has 2 rings (SSSR count). The molecule has 0 atom stereocenters. The summed E-state index contributed by atoms with van der Waals surface area (Å²) in [5.41, 5.74) is 2.57. The van der Waals surface area contributed by atoms with Crippen molar-refractivity contribution in [1.29, 1.82) is 5.41 Å². The van der Waals surface area contributed by atoms with Gasteiger partial charge in [-0.15, -0.1) is 0 Å². The predicted molar refractivity (Wildman–Crippen MR) is 103 cm³/mol. The van der Waals surface area contributed by atoms with E-state index in [1.54, 1.807) is 13.0 Å². The van der Waals surface area contributed by atoms with Crippen molar-refractivity contribution in [3.63, 3.8) is 0 Å². The van der Waals surface area contributed by atoms with Crippen LogP contribution in [0.1, 0.15) is 36.1 Å². The first kappa shape index (κ1) is 21.5. The molecule has 0 aromatic carbocycles. The second-order valence-corrected chi connectivity index (χ2v) is 6.51. The van der Waals surface area contributed by atoms with Crippen LogP contribution in [0.4, 0.5) is 0 Å². The summed E-state index contributed by atoms with van der Waals surface area (Å²) in [4.78, 5) is 33.9. The summed E-state index contributed by atoms with van der Waals surface area (Å²) in [6.07, 6.45) is 4.80. The zero-order chi connectivity index (χ0) is 20.5. The van der Waals surface area contributed by atoms with Crippen molar-refractivity contribution in [1.82, 2.24) is 15.2 Å². The van der Waals surface area contributed by atoms with Crippen molar-refractivity contribution in [2.75, 3.05) is 19.9 Å². The van der Waals surface area contributed by atoms with Gasteiger partial charge in [0.15, 0.2) is 0 Å². The molecule has 9 heteroatoms. The van der Waals surface area contributed by atoms with Gasteiger partial charge in [-0.2, -0.15) is 0 Å². The molecule has 0 fully saturated rings. The maximum atomic E-state index is 12.4. The number of amides is 2. The van der Waals surface area contributed by atoms with Crippen molar-refractivity contribution in [2.24, 2.45) is 0 Å². The number of aromatic nitrogens is 1. The number of nitrogens with one attached hydrogen (secondary N) is 3. The number of ether oxygens (including phenoxy) is 1. The summed E-state index contributed by atoms with van der Waals surface area (Å²) in [5, 5.41) is 22.7. The number of carbonyl (C=O) groups excluding carboxylic acids is 2. The first-order chi connectivity index (χ1) is 13.5. The summed E-state index contributed by atoms with van der Waals surface area (Å²) >= 11 is 0. The number of aliphatic hydroxyl groups is 1. The third-order valence-electron chi connectivity index (χ3n) is 4.53. The van der Waals surface area contributed by atoms with Gasteiger partial charge in [-0.1, -0.05) is 6.08 Å². The molecular weight excluding hydrogens is 364 g/mol. The molecule has 1 aliphatic heterocycles. The molecule has 0 spiro atoms. The van der Waals surface area contributed by atoms with E-state index in [0.29, 0.717) is 42.0 Å². The Balaban J connectivity index is 1.76. The second kappa shape index (κ2) is 10.5. The molecule has 2 amide bonds. The third kappa shape index (κ3) is 5.37. The Hall–Kier alpha value is -2.78. The number of nitrogens with zero attached hydrogens (tertiary/aromatic N) is 1. The summed E-state index contributed by atoms with van der Waals surface area (Å²) in [6.45, 7) is 2.22. The van der Waals surface area contributed by atoms with Crippen molar-refractivity contribution in [3.05, 3.63) is 44.9 Å². The molecular formula is C19H26N4O5. The number of allylic oxidation sites excluding steroid dienone is 2. The molecule has 152 valence electrons. The lowest BCUT2D eigenvalue weighted by atomic mass is 10.1. The van der Waals surface area contributed by atoms with Crippen molar-refractivity contribution in [2.45, 2.75) is 39.3 Å². The Bertz CT molecular complexity index is 828. The van der Waals surface area contributed by atoms with Gasteiger partial charge >= 0.3 is 0 Å². The van der Waals surface area contributed by atoms with Crippen molar-refractivity contribution >= 4 is 18.0 Å². The van der Waals surface area contributed by atoms with Gasteiger partial charge in [0.25, 0.3) is 5.56 Å². The predicted octanol–water partition coefficient (Wildman–Crippen LogP) is -0.0365. The molecule has 0 bridgehead atoms. The fourth-order valence-corrected chi connectivity index (χ4v) is 3.01. The van der Waals surface area contributed by atoms with Crippen LogP contribution in [0.2, 0.25) is 0 Å². The summed E-state index contributed by atoms with van der Waals surface area (Å²) < 4.78 is 6.46. The quantitative estimate of drug-likeness (QED) is 0.239. The molecule has 0 aliphatic carbocycles. The Labute approximate surface area is 162 Å². The molecule has 0 saturated heterocycles. The Morgan fingerprint density at radius 1 is 1.43 bits per heavy atom. The fraction of sp³-hybridized carbons (Fsp3) is 0.474. The number of unbranched alkanes of at least 4 members (excludes halogenated alkanes) is 2. The van der Waals surface area contributed by atoms with Crippen LogP contribution >= 0.6 is 0 Å². The van der Waals surface area contributed by atoms with Gasteiger partial charge in [0.05, 0.1) is 24.6 Å². The average molecular weight is 390 g/mol. The van der Waals surface area contributed by atoms with E-state index in [1.165, 1.54) is 4.57 Å². The lowest BCUT2D eigenvalue weighted by Crippen LogP contribution is -2.30. The van der Waals surface area contributed by atoms with Crippen LogP contribution in [-0.2, 0) is 27.5 Å². The molecule has 2 heterocycles. The minimum atomic E-state index is -0.304. The van der Waals surface area contributed by atoms with E-state index in [1.807, 2.05) is 6.08 Å². The molecule has 1 aromatic heterocycles. The standard InChI is InChI=1S/C19H26N4O5/c1-13-7-16-18(20)14(8-23(16)19(27)15(13)9-24)5-3-2-4-6-22-17(26)10-28-12-21-11-25/h5,7,11,20,24H,2-4,6,8-10,12H2,1H3,(H,21,25)(H,22,26)/b14-5+,20-18?. The first-order valence-corrected chi connectivity index (χ1v) is 9.13. The molecule has 28 heavy (non-hydrogen) atoms. The van der Waals surface area contributed by atoms with Crippen LogP contribution in [0.3, 0.4) is 0 Å². The average Bonchev–Trinajstić information content (AvgIpc) is 2.98.